The number of terminal acetylenes is 1. The van der Waals surface area contributed by atoms with Crippen LogP contribution in [-0.2, 0) is 0 Å². The highest BCUT2D eigenvalue weighted by Crippen LogP contribution is 2.21. The van der Waals surface area contributed by atoms with Gasteiger partial charge in [0.1, 0.15) is 0 Å². The van der Waals surface area contributed by atoms with E-state index >= 15 is 0 Å². The molecule has 4 heteroatoms. The largest absolute Gasteiger partial charge is 0.374 e. The summed E-state index contributed by atoms with van der Waals surface area (Å²) in [5.41, 5.74) is 1.54. The Kier molecular flexibility index (Phi) is 3.08. The molecule has 0 aromatic heterocycles. The van der Waals surface area contributed by atoms with Gasteiger partial charge in [-0.1, -0.05) is 5.92 Å². The predicted molar refractivity (Wildman–Crippen MR) is 55.2 cm³/mol. The SMILES string of the molecule is C#CCNc1ccc([N+](=O)[O-])c(C)c1. The zero-order valence-corrected chi connectivity index (χ0v) is 7.78. The Labute approximate surface area is 82.1 Å². The molecule has 0 saturated carbocycles. The van der Waals surface area contributed by atoms with Gasteiger partial charge in [-0.2, -0.15) is 0 Å². The summed E-state index contributed by atoms with van der Waals surface area (Å²) < 4.78 is 0. The maximum atomic E-state index is 10.5. The van der Waals surface area contributed by atoms with Crippen molar-refractivity contribution in [3.05, 3.63) is 33.9 Å². The van der Waals surface area contributed by atoms with Gasteiger partial charge in [0.2, 0.25) is 0 Å². The predicted octanol–water partition coefficient (Wildman–Crippen LogP) is 1.95. The number of anilines is 1. The Morgan fingerprint density at radius 1 is 1.64 bits per heavy atom. The van der Waals surface area contributed by atoms with Crippen LogP contribution in [0.5, 0.6) is 0 Å². The van der Waals surface area contributed by atoms with Crippen molar-refractivity contribution in [3.63, 3.8) is 0 Å². The molecule has 1 aromatic rings. The lowest BCUT2D eigenvalue weighted by Crippen LogP contribution is -1.99. The van der Waals surface area contributed by atoms with Crippen molar-refractivity contribution in [2.75, 3.05) is 11.9 Å². The number of nitrogens with one attached hydrogen (secondary N) is 1. The van der Waals surface area contributed by atoms with E-state index in [1.807, 2.05) is 0 Å². The van der Waals surface area contributed by atoms with E-state index in [0.29, 0.717) is 12.1 Å². The number of rotatable bonds is 3. The first kappa shape index (κ1) is 10.1. The fourth-order valence-electron chi connectivity index (χ4n) is 1.12. The summed E-state index contributed by atoms with van der Waals surface area (Å²) in [5.74, 6) is 2.43. The third-order valence-electron chi connectivity index (χ3n) is 1.79. The standard InChI is InChI=1S/C10H10N2O2/c1-3-6-11-9-4-5-10(12(13)14)8(2)7-9/h1,4-5,7,11H,6H2,2H3. The molecule has 1 N–H and O–H groups in total. The van der Waals surface area contributed by atoms with Crippen molar-refractivity contribution in [1.82, 2.24) is 0 Å². The molecule has 4 nitrogen and oxygen atoms in total. The second-order valence-corrected chi connectivity index (χ2v) is 2.82. The minimum atomic E-state index is -0.402. The summed E-state index contributed by atoms with van der Waals surface area (Å²) in [7, 11) is 0. The van der Waals surface area contributed by atoms with Crippen molar-refractivity contribution in [1.29, 1.82) is 0 Å². The molecular weight excluding hydrogens is 180 g/mol. The Hall–Kier alpha value is -2.02. The first-order chi connectivity index (χ1) is 6.65. The van der Waals surface area contributed by atoms with Gasteiger partial charge in [-0.25, -0.2) is 0 Å². The van der Waals surface area contributed by atoms with Crippen LogP contribution in [0.2, 0.25) is 0 Å². The van der Waals surface area contributed by atoms with E-state index in [9.17, 15) is 10.1 Å². The van der Waals surface area contributed by atoms with Crippen LogP contribution in [0.3, 0.4) is 0 Å². The van der Waals surface area contributed by atoms with Crippen molar-refractivity contribution in [2.24, 2.45) is 0 Å². The van der Waals surface area contributed by atoms with Gasteiger partial charge in [0.15, 0.2) is 0 Å². The van der Waals surface area contributed by atoms with Crippen LogP contribution >= 0.6 is 0 Å². The average Bonchev–Trinajstić information content (AvgIpc) is 2.14. The van der Waals surface area contributed by atoms with Crippen LogP contribution in [0.25, 0.3) is 0 Å². The van der Waals surface area contributed by atoms with Crippen LogP contribution in [0.1, 0.15) is 5.56 Å². The highest BCUT2D eigenvalue weighted by molar-refractivity contribution is 5.53. The minimum absolute atomic E-state index is 0.122. The lowest BCUT2D eigenvalue weighted by atomic mass is 10.2. The minimum Gasteiger partial charge on any atom is -0.374 e. The smallest absolute Gasteiger partial charge is 0.272 e. The molecular formula is C10H10N2O2. The van der Waals surface area contributed by atoms with Crippen molar-refractivity contribution in [2.45, 2.75) is 6.92 Å². The average molecular weight is 190 g/mol. The zero-order chi connectivity index (χ0) is 10.6. The molecule has 0 aliphatic carbocycles. The fourth-order valence-corrected chi connectivity index (χ4v) is 1.12. The van der Waals surface area contributed by atoms with Crippen LogP contribution in [-0.4, -0.2) is 11.5 Å². The summed E-state index contributed by atoms with van der Waals surface area (Å²) in [6.07, 6.45) is 5.07. The van der Waals surface area contributed by atoms with Gasteiger partial charge >= 0.3 is 0 Å². The fraction of sp³-hybridized carbons (Fsp3) is 0.200. The molecule has 0 fully saturated rings. The molecule has 0 amide bonds. The summed E-state index contributed by atoms with van der Waals surface area (Å²) >= 11 is 0. The highest BCUT2D eigenvalue weighted by Gasteiger charge is 2.09. The molecule has 0 aliphatic heterocycles. The number of nitro groups is 1. The van der Waals surface area contributed by atoms with E-state index < -0.39 is 4.92 Å². The Morgan fingerprint density at radius 2 is 2.36 bits per heavy atom. The molecule has 0 saturated heterocycles. The van der Waals surface area contributed by atoms with Gasteiger partial charge in [-0.05, 0) is 19.1 Å². The molecule has 1 aromatic carbocycles. The topological polar surface area (TPSA) is 55.2 Å². The first-order valence-electron chi connectivity index (χ1n) is 4.07. The molecule has 0 atom stereocenters. The van der Waals surface area contributed by atoms with Gasteiger partial charge in [0.05, 0.1) is 11.5 Å². The second kappa shape index (κ2) is 4.28. The lowest BCUT2D eigenvalue weighted by Gasteiger charge is -2.03. The van der Waals surface area contributed by atoms with Gasteiger partial charge < -0.3 is 5.32 Å². The van der Waals surface area contributed by atoms with E-state index in [1.165, 1.54) is 6.07 Å². The number of benzene rings is 1. The number of nitro benzene ring substituents is 1. The third-order valence-corrected chi connectivity index (χ3v) is 1.79. The third kappa shape index (κ3) is 2.23. The second-order valence-electron chi connectivity index (χ2n) is 2.82. The quantitative estimate of drug-likeness (QED) is 0.450. The molecule has 0 bridgehead atoms. The number of hydrogen-bond donors (Lipinski definition) is 1. The van der Waals surface area contributed by atoms with E-state index in [0.717, 1.165) is 5.69 Å². The number of hydrogen-bond acceptors (Lipinski definition) is 3. The van der Waals surface area contributed by atoms with Crippen LogP contribution < -0.4 is 5.32 Å². The summed E-state index contributed by atoms with van der Waals surface area (Å²) in [5, 5.41) is 13.4. The number of aryl methyl sites for hydroxylation is 1. The van der Waals surface area contributed by atoms with E-state index in [2.05, 4.69) is 11.2 Å². The summed E-state index contributed by atoms with van der Waals surface area (Å²) in [4.78, 5) is 10.1. The molecule has 0 heterocycles. The van der Waals surface area contributed by atoms with Gasteiger partial charge in [0, 0.05) is 17.3 Å². The van der Waals surface area contributed by atoms with Crippen LogP contribution in [0, 0.1) is 29.4 Å². The van der Waals surface area contributed by atoms with E-state index in [-0.39, 0.29) is 5.69 Å². The highest BCUT2D eigenvalue weighted by atomic mass is 16.6. The first-order valence-corrected chi connectivity index (χ1v) is 4.07. The summed E-state index contributed by atoms with van der Waals surface area (Å²) in [6.45, 7) is 2.11. The van der Waals surface area contributed by atoms with Crippen molar-refractivity contribution < 1.29 is 4.92 Å². The van der Waals surface area contributed by atoms with Gasteiger partial charge in [-0.3, -0.25) is 10.1 Å². The van der Waals surface area contributed by atoms with E-state index in [4.69, 9.17) is 6.42 Å². The van der Waals surface area contributed by atoms with Crippen molar-refractivity contribution in [3.8, 4) is 12.3 Å². The van der Waals surface area contributed by atoms with Crippen LogP contribution in [0.15, 0.2) is 18.2 Å². The van der Waals surface area contributed by atoms with E-state index in [1.54, 1.807) is 19.1 Å². The Morgan fingerprint density at radius 3 is 2.86 bits per heavy atom. The monoisotopic (exact) mass is 190 g/mol. The molecule has 0 unspecified atom stereocenters. The molecule has 14 heavy (non-hydrogen) atoms. The Balaban J connectivity index is 2.90. The molecule has 0 radical (unpaired) electrons. The molecule has 0 spiro atoms. The number of nitrogens with zero attached hydrogens (tertiary/aromatic N) is 1. The van der Waals surface area contributed by atoms with Crippen LogP contribution in [0.4, 0.5) is 11.4 Å². The maximum absolute atomic E-state index is 10.5. The molecule has 0 aliphatic rings. The lowest BCUT2D eigenvalue weighted by molar-refractivity contribution is -0.385. The molecule has 1 rings (SSSR count). The summed E-state index contributed by atoms with van der Waals surface area (Å²) in [6, 6.07) is 4.81. The maximum Gasteiger partial charge on any atom is 0.272 e. The van der Waals surface area contributed by atoms with Gasteiger partial charge in [-0.15, -0.1) is 6.42 Å². The zero-order valence-electron chi connectivity index (χ0n) is 7.78. The molecule has 72 valence electrons. The normalized spacial score (nSPS) is 9.14. The van der Waals surface area contributed by atoms with Crippen molar-refractivity contribution >= 4 is 11.4 Å². The van der Waals surface area contributed by atoms with Gasteiger partial charge in [0.25, 0.3) is 5.69 Å². The Bertz CT molecular complexity index is 394.